The number of carboxylic acid groups (broad SMARTS) is 1. The van der Waals surface area contributed by atoms with E-state index in [0.717, 1.165) is 6.07 Å². The van der Waals surface area contributed by atoms with E-state index in [1.54, 1.807) is 0 Å². The molecule has 1 aromatic rings. The summed E-state index contributed by atoms with van der Waals surface area (Å²) in [6.07, 6.45) is -0.864. The van der Waals surface area contributed by atoms with Crippen LogP contribution in [0.3, 0.4) is 0 Å². The lowest BCUT2D eigenvalue weighted by Gasteiger charge is -2.25. The maximum Gasteiger partial charge on any atom is 0.306 e. The van der Waals surface area contributed by atoms with Gasteiger partial charge in [0.2, 0.25) is 0 Å². The summed E-state index contributed by atoms with van der Waals surface area (Å²) in [6.45, 7) is 4.05. The number of aliphatic carboxylic acids is 1. The number of aliphatic hydroxyl groups excluding tert-OH is 1. The number of hydrogen-bond acceptors (Lipinski definition) is 3. The zero-order chi connectivity index (χ0) is 16.0. The Morgan fingerprint density at radius 2 is 1.81 bits per heavy atom. The van der Waals surface area contributed by atoms with Crippen LogP contribution in [0.4, 0.5) is 8.78 Å². The second-order valence-electron chi connectivity index (χ2n) is 5.56. The normalized spacial score (nSPS) is 14.2. The predicted octanol–water partition coefficient (Wildman–Crippen LogP) is 2.30. The van der Waals surface area contributed by atoms with Gasteiger partial charge in [-0.2, -0.15) is 0 Å². The molecule has 0 saturated heterocycles. The van der Waals surface area contributed by atoms with Crippen LogP contribution in [0.5, 0.6) is 0 Å². The average molecular weight is 301 g/mol. The molecule has 0 aliphatic heterocycles. The standard InChI is InChI=1S/C15H21F2NO3/c1-9(2)3-13(14(19)7-15(20)21)18-8-10-4-11(16)6-12(17)5-10/h4-6,9,13-14,18-19H,3,7-8H2,1-2H3,(H,20,21)/t13-,14-/m0/s1. The van der Waals surface area contributed by atoms with Gasteiger partial charge in [-0.1, -0.05) is 13.8 Å². The van der Waals surface area contributed by atoms with Gasteiger partial charge in [-0.05, 0) is 30.0 Å². The molecule has 0 bridgehead atoms. The highest BCUT2D eigenvalue weighted by Gasteiger charge is 2.22. The van der Waals surface area contributed by atoms with E-state index in [1.807, 2.05) is 13.8 Å². The number of nitrogens with one attached hydrogen (secondary N) is 1. The van der Waals surface area contributed by atoms with E-state index in [-0.39, 0.29) is 18.9 Å². The molecule has 0 aliphatic carbocycles. The Morgan fingerprint density at radius 1 is 1.24 bits per heavy atom. The number of hydrogen-bond donors (Lipinski definition) is 3. The van der Waals surface area contributed by atoms with Crippen molar-refractivity contribution >= 4 is 5.97 Å². The second-order valence-corrected chi connectivity index (χ2v) is 5.56. The first-order valence-corrected chi connectivity index (χ1v) is 6.86. The lowest BCUT2D eigenvalue weighted by molar-refractivity contribution is -0.139. The van der Waals surface area contributed by atoms with Gasteiger partial charge in [0.15, 0.2) is 0 Å². The van der Waals surface area contributed by atoms with Crippen molar-refractivity contribution in [1.29, 1.82) is 0 Å². The summed E-state index contributed by atoms with van der Waals surface area (Å²) in [4.78, 5) is 10.7. The highest BCUT2D eigenvalue weighted by atomic mass is 19.1. The van der Waals surface area contributed by atoms with Gasteiger partial charge in [0.05, 0.1) is 12.5 Å². The second kappa shape index (κ2) is 8.05. The molecule has 21 heavy (non-hydrogen) atoms. The summed E-state index contributed by atoms with van der Waals surface area (Å²) in [6, 6.07) is 2.74. The number of rotatable bonds is 8. The van der Waals surface area contributed by atoms with E-state index in [4.69, 9.17) is 5.11 Å². The molecule has 0 aliphatic rings. The van der Waals surface area contributed by atoms with Crippen LogP contribution in [0.2, 0.25) is 0 Å². The Bertz CT molecular complexity index is 460. The van der Waals surface area contributed by atoms with Crippen LogP contribution in [0, 0.1) is 17.6 Å². The minimum Gasteiger partial charge on any atom is -0.481 e. The van der Waals surface area contributed by atoms with E-state index in [1.165, 1.54) is 12.1 Å². The van der Waals surface area contributed by atoms with Gasteiger partial charge in [0.25, 0.3) is 0 Å². The van der Waals surface area contributed by atoms with Crippen LogP contribution < -0.4 is 5.32 Å². The Morgan fingerprint density at radius 3 is 2.29 bits per heavy atom. The fraction of sp³-hybridized carbons (Fsp3) is 0.533. The SMILES string of the molecule is CC(C)C[C@H](NCc1cc(F)cc(F)c1)[C@@H](O)CC(=O)O. The van der Waals surface area contributed by atoms with Gasteiger partial charge in [0, 0.05) is 18.7 Å². The summed E-state index contributed by atoms with van der Waals surface area (Å²) >= 11 is 0. The van der Waals surface area contributed by atoms with Crippen LogP contribution >= 0.6 is 0 Å². The Hall–Kier alpha value is -1.53. The number of carboxylic acids is 1. The number of carbonyl (C=O) groups is 1. The third-order valence-corrected chi connectivity index (χ3v) is 3.06. The van der Waals surface area contributed by atoms with Gasteiger partial charge in [0.1, 0.15) is 11.6 Å². The van der Waals surface area contributed by atoms with Gasteiger partial charge < -0.3 is 15.5 Å². The number of benzene rings is 1. The highest BCUT2D eigenvalue weighted by Crippen LogP contribution is 2.13. The predicted molar refractivity (Wildman–Crippen MR) is 74.7 cm³/mol. The van der Waals surface area contributed by atoms with Crippen LogP contribution in [-0.4, -0.2) is 28.3 Å². The zero-order valence-electron chi connectivity index (χ0n) is 12.1. The maximum atomic E-state index is 13.1. The van der Waals surface area contributed by atoms with Crippen molar-refractivity contribution in [3.63, 3.8) is 0 Å². The molecule has 0 amide bonds. The maximum absolute atomic E-state index is 13.1. The van der Waals surface area contributed by atoms with Crippen LogP contribution in [-0.2, 0) is 11.3 Å². The smallest absolute Gasteiger partial charge is 0.306 e. The number of halogens is 2. The van der Waals surface area contributed by atoms with Crippen molar-refractivity contribution in [2.45, 2.75) is 45.4 Å². The topological polar surface area (TPSA) is 69.6 Å². The van der Waals surface area contributed by atoms with Crippen LogP contribution in [0.25, 0.3) is 0 Å². The average Bonchev–Trinajstić information content (AvgIpc) is 2.31. The third-order valence-electron chi connectivity index (χ3n) is 3.06. The largest absolute Gasteiger partial charge is 0.481 e. The first-order chi connectivity index (χ1) is 9.77. The molecule has 1 aromatic carbocycles. The lowest BCUT2D eigenvalue weighted by Crippen LogP contribution is -2.41. The zero-order valence-corrected chi connectivity index (χ0v) is 12.1. The van der Waals surface area contributed by atoms with Crippen molar-refractivity contribution < 1.29 is 23.8 Å². The molecule has 6 heteroatoms. The van der Waals surface area contributed by atoms with E-state index < -0.39 is 29.7 Å². The van der Waals surface area contributed by atoms with E-state index in [0.29, 0.717) is 12.0 Å². The quantitative estimate of drug-likeness (QED) is 0.689. The highest BCUT2D eigenvalue weighted by molar-refractivity contribution is 5.67. The molecule has 0 unspecified atom stereocenters. The summed E-state index contributed by atoms with van der Waals surface area (Å²) in [5, 5.41) is 21.6. The third kappa shape index (κ3) is 6.64. The van der Waals surface area contributed by atoms with E-state index in [9.17, 15) is 18.7 Å². The first kappa shape index (κ1) is 17.5. The van der Waals surface area contributed by atoms with Crippen molar-refractivity contribution in [1.82, 2.24) is 5.32 Å². The molecular weight excluding hydrogens is 280 g/mol. The summed E-state index contributed by atoms with van der Waals surface area (Å²) < 4.78 is 26.2. The van der Waals surface area contributed by atoms with Crippen LogP contribution in [0.1, 0.15) is 32.3 Å². The Kier molecular flexibility index (Phi) is 6.71. The fourth-order valence-corrected chi connectivity index (χ4v) is 2.17. The van der Waals surface area contributed by atoms with Crippen LogP contribution in [0.15, 0.2) is 18.2 Å². The number of aliphatic hydroxyl groups is 1. The van der Waals surface area contributed by atoms with Crippen molar-refractivity contribution in [2.75, 3.05) is 0 Å². The van der Waals surface area contributed by atoms with Crippen molar-refractivity contribution in [2.24, 2.45) is 5.92 Å². The summed E-state index contributed by atoms with van der Waals surface area (Å²) in [5.74, 6) is -2.18. The van der Waals surface area contributed by atoms with E-state index in [2.05, 4.69) is 5.32 Å². The van der Waals surface area contributed by atoms with Gasteiger partial charge in [-0.3, -0.25) is 4.79 Å². The molecule has 1 rings (SSSR count). The van der Waals surface area contributed by atoms with Gasteiger partial charge in [-0.15, -0.1) is 0 Å². The molecule has 0 heterocycles. The summed E-state index contributed by atoms with van der Waals surface area (Å²) in [7, 11) is 0. The molecule has 4 nitrogen and oxygen atoms in total. The molecule has 118 valence electrons. The van der Waals surface area contributed by atoms with Gasteiger partial charge in [-0.25, -0.2) is 8.78 Å². The molecule has 0 aromatic heterocycles. The van der Waals surface area contributed by atoms with Crippen molar-refractivity contribution in [3.8, 4) is 0 Å². The molecule has 0 fully saturated rings. The van der Waals surface area contributed by atoms with Crippen molar-refractivity contribution in [3.05, 3.63) is 35.4 Å². The minimum absolute atomic E-state index is 0.156. The fourth-order valence-electron chi connectivity index (χ4n) is 2.17. The molecule has 0 saturated carbocycles. The minimum atomic E-state index is -1.09. The Labute approximate surface area is 122 Å². The molecule has 0 spiro atoms. The lowest BCUT2D eigenvalue weighted by atomic mass is 9.97. The first-order valence-electron chi connectivity index (χ1n) is 6.86. The molecular formula is C15H21F2NO3. The van der Waals surface area contributed by atoms with E-state index >= 15 is 0 Å². The Balaban J connectivity index is 2.69. The molecule has 2 atom stereocenters. The molecule has 3 N–H and O–H groups in total. The molecule has 0 radical (unpaired) electrons. The summed E-state index contributed by atoms with van der Waals surface area (Å²) in [5.41, 5.74) is 0.406. The van der Waals surface area contributed by atoms with Gasteiger partial charge >= 0.3 is 5.97 Å². The monoisotopic (exact) mass is 301 g/mol.